The minimum Gasteiger partial charge on any atom is -0.354 e. The van der Waals surface area contributed by atoms with Crippen LogP contribution >= 0.6 is 0 Å². The highest BCUT2D eigenvalue weighted by Gasteiger charge is 2.17. The van der Waals surface area contributed by atoms with Gasteiger partial charge in [0.25, 0.3) is 0 Å². The number of amides is 1. The highest BCUT2D eigenvalue weighted by Crippen LogP contribution is 2.33. The lowest BCUT2D eigenvalue weighted by Gasteiger charge is -2.16. The van der Waals surface area contributed by atoms with Gasteiger partial charge in [0.05, 0.1) is 16.8 Å². The molecule has 0 saturated carbocycles. The normalized spacial score (nSPS) is 11.5. The first kappa shape index (κ1) is 23.6. The second kappa shape index (κ2) is 10.2. The molecule has 0 atom stereocenters. The smallest absolute Gasteiger partial charge is 0.240 e. The SMILES string of the molecule is Cc1ccc(S(=O)(=O)NCCNC(=O)Cc2c(C)nc3ccccc3c2-c2ccccc2)cc1. The van der Waals surface area contributed by atoms with Crippen molar-refractivity contribution in [3.05, 3.63) is 95.7 Å². The number of nitrogens with one attached hydrogen (secondary N) is 2. The zero-order valence-electron chi connectivity index (χ0n) is 19.2. The Hall–Kier alpha value is -3.55. The summed E-state index contributed by atoms with van der Waals surface area (Å²) in [6.07, 6.45) is 0.151. The number of pyridine rings is 1. The lowest BCUT2D eigenvalue weighted by atomic mass is 9.92. The van der Waals surface area contributed by atoms with E-state index in [1.807, 2.05) is 68.4 Å². The summed E-state index contributed by atoms with van der Waals surface area (Å²) in [5, 5.41) is 3.82. The van der Waals surface area contributed by atoms with Gasteiger partial charge in [-0.15, -0.1) is 0 Å². The van der Waals surface area contributed by atoms with Crippen LogP contribution < -0.4 is 10.0 Å². The zero-order valence-corrected chi connectivity index (χ0v) is 20.0. The van der Waals surface area contributed by atoms with Crippen LogP contribution in [0.2, 0.25) is 0 Å². The number of carbonyl (C=O) groups is 1. The molecule has 0 aliphatic rings. The lowest BCUT2D eigenvalue weighted by Crippen LogP contribution is -2.35. The molecule has 34 heavy (non-hydrogen) atoms. The summed E-state index contributed by atoms with van der Waals surface area (Å²) in [6.45, 7) is 4.10. The molecule has 1 heterocycles. The van der Waals surface area contributed by atoms with E-state index in [-0.39, 0.29) is 30.3 Å². The van der Waals surface area contributed by atoms with Crippen molar-refractivity contribution in [2.75, 3.05) is 13.1 Å². The van der Waals surface area contributed by atoms with Gasteiger partial charge < -0.3 is 5.32 Å². The van der Waals surface area contributed by atoms with Gasteiger partial charge in [-0.05, 0) is 48.7 Å². The Morgan fingerprint density at radius 2 is 1.53 bits per heavy atom. The van der Waals surface area contributed by atoms with Crippen LogP contribution in [0.5, 0.6) is 0 Å². The predicted octanol–water partition coefficient (Wildman–Crippen LogP) is 4.16. The summed E-state index contributed by atoms with van der Waals surface area (Å²) in [6, 6.07) is 24.5. The van der Waals surface area contributed by atoms with Gasteiger partial charge in [0.15, 0.2) is 0 Å². The van der Waals surface area contributed by atoms with E-state index in [2.05, 4.69) is 10.0 Å². The number of hydrogen-bond donors (Lipinski definition) is 2. The van der Waals surface area contributed by atoms with Crippen LogP contribution in [0.3, 0.4) is 0 Å². The molecule has 7 heteroatoms. The fourth-order valence-corrected chi connectivity index (χ4v) is 4.97. The highest BCUT2D eigenvalue weighted by molar-refractivity contribution is 7.89. The van der Waals surface area contributed by atoms with Crippen molar-refractivity contribution in [1.29, 1.82) is 0 Å². The van der Waals surface area contributed by atoms with E-state index in [1.54, 1.807) is 24.3 Å². The van der Waals surface area contributed by atoms with Crippen LogP contribution in [0, 0.1) is 13.8 Å². The summed E-state index contributed by atoms with van der Waals surface area (Å²) in [7, 11) is -3.62. The number of hydrogen-bond acceptors (Lipinski definition) is 4. The number of benzene rings is 3. The van der Waals surface area contributed by atoms with Crippen molar-refractivity contribution >= 4 is 26.8 Å². The number of fused-ring (bicyclic) bond motifs is 1. The van der Waals surface area contributed by atoms with Gasteiger partial charge >= 0.3 is 0 Å². The molecule has 1 aromatic heterocycles. The maximum Gasteiger partial charge on any atom is 0.240 e. The highest BCUT2D eigenvalue weighted by atomic mass is 32.2. The van der Waals surface area contributed by atoms with E-state index < -0.39 is 10.0 Å². The molecule has 0 fully saturated rings. The Morgan fingerprint density at radius 1 is 0.853 bits per heavy atom. The minimum atomic E-state index is -3.62. The lowest BCUT2D eigenvalue weighted by molar-refractivity contribution is -0.120. The fraction of sp³-hybridized carbons (Fsp3) is 0.185. The number of aromatic nitrogens is 1. The van der Waals surface area contributed by atoms with Crippen molar-refractivity contribution < 1.29 is 13.2 Å². The summed E-state index contributed by atoms with van der Waals surface area (Å²) in [4.78, 5) is 17.7. The van der Waals surface area contributed by atoms with Crippen molar-refractivity contribution in [2.24, 2.45) is 0 Å². The van der Waals surface area contributed by atoms with Crippen molar-refractivity contribution in [3.63, 3.8) is 0 Å². The van der Waals surface area contributed by atoms with Gasteiger partial charge in [-0.1, -0.05) is 66.2 Å². The van der Waals surface area contributed by atoms with Gasteiger partial charge in [0.2, 0.25) is 15.9 Å². The van der Waals surface area contributed by atoms with Crippen LogP contribution in [-0.2, 0) is 21.2 Å². The molecule has 3 aromatic carbocycles. The van der Waals surface area contributed by atoms with Crippen LogP contribution in [-0.4, -0.2) is 32.4 Å². The van der Waals surface area contributed by atoms with Crippen molar-refractivity contribution in [1.82, 2.24) is 15.0 Å². The molecule has 0 unspecified atom stereocenters. The summed E-state index contributed by atoms with van der Waals surface area (Å²) in [5.41, 5.74) is 5.56. The molecule has 4 aromatic rings. The second-order valence-corrected chi connectivity index (χ2v) is 9.94. The third-order valence-electron chi connectivity index (χ3n) is 5.67. The third-order valence-corrected chi connectivity index (χ3v) is 7.15. The van der Waals surface area contributed by atoms with Crippen LogP contribution in [0.25, 0.3) is 22.0 Å². The monoisotopic (exact) mass is 473 g/mol. The first-order valence-electron chi connectivity index (χ1n) is 11.1. The Kier molecular flexibility index (Phi) is 7.05. The molecule has 174 valence electrons. The van der Waals surface area contributed by atoms with Crippen molar-refractivity contribution in [3.8, 4) is 11.1 Å². The molecule has 0 aliphatic heterocycles. The number of carbonyl (C=O) groups excluding carboxylic acids is 1. The van der Waals surface area contributed by atoms with Crippen molar-refractivity contribution in [2.45, 2.75) is 25.2 Å². The van der Waals surface area contributed by atoms with E-state index in [4.69, 9.17) is 4.98 Å². The molecule has 0 aliphatic carbocycles. The quantitative estimate of drug-likeness (QED) is 0.376. The molecule has 6 nitrogen and oxygen atoms in total. The summed E-state index contributed by atoms with van der Waals surface area (Å²) in [5.74, 6) is -0.188. The largest absolute Gasteiger partial charge is 0.354 e. The van der Waals surface area contributed by atoms with E-state index in [0.29, 0.717) is 0 Å². The van der Waals surface area contributed by atoms with Gasteiger partial charge in [0, 0.05) is 24.2 Å². The van der Waals surface area contributed by atoms with E-state index in [0.717, 1.165) is 38.9 Å². The Balaban J connectivity index is 1.47. The second-order valence-electron chi connectivity index (χ2n) is 8.17. The number of nitrogens with zero attached hydrogens (tertiary/aromatic N) is 1. The van der Waals surface area contributed by atoms with Crippen LogP contribution in [0.15, 0.2) is 83.8 Å². The fourth-order valence-electron chi connectivity index (χ4n) is 3.94. The maximum absolute atomic E-state index is 12.8. The van der Waals surface area contributed by atoms with E-state index >= 15 is 0 Å². The first-order chi connectivity index (χ1) is 16.3. The minimum absolute atomic E-state index is 0.0996. The third kappa shape index (κ3) is 5.32. The molecule has 4 rings (SSSR count). The van der Waals surface area contributed by atoms with E-state index in [1.165, 1.54) is 0 Å². The molecule has 0 radical (unpaired) electrons. The Bertz CT molecular complexity index is 1420. The molecule has 2 N–H and O–H groups in total. The molecule has 0 spiro atoms. The van der Waals surface area contributed by atoms with Crippen LogP contribution in [0.1, 0.15) is 16.8 Å². The molecule has 0 bridgehead atoms. The standard InChI is InChI=1S/C27H27N3O3S/c1-19-12-14-22(15-13-19)34(32,33)29-17-16-28-26(31)18-24-20(2)30-25-11-7-6-10-23(25)27(24)21-8-4-3-5-9-21/h3-15,29H,16-18H2,1-2H3,(H,28,31). The molecular formula is C27H27N3O3S. The maximum atomic E-state index is 12.8. The number of para-hydroxylation sites is 1. The summed E-state index contributed by atoms with van der Waals surface area (Å²) < 4.78 is 27.4. The van der Waals surface area contributed by atoms with Gasteiger partial charge in [0.1, 0.15) is 0 Å². The van der Waals surface area contributed by atoms with Crippen LogP contribution in [0.4, 0.5) is 0 Å². The van der Waals surface area contributed by atoms with Gasteiger partial charge in [-0.2, -0.15) is 0 Å². The Labute approximate surface area is 200 Å². The topological polar surface area (TPSA) is 88.2 Å². The predicted molar refractivity (Wildman–Crippen MR) is 135 cm³/mol. The Morgan fingerprint density at radius 3 is 2.26 bits per heavy atom. The average molecular weight is 474 g/mol. The molecule has 0 saturated heterocycles. The molecular weight excluding hydrogens is 446 g/mol. The number of rotatable bonds is 8. The average Bonchev–Trinajstić information content (AvgIpc) is 2.83. The van der Waals surface area contributed by atoms with Gasteiger partial charge in [-0.3, -0.25) is 9.78 Å². The number of sulfonamides is 1. The van der Waals surface area contributed by atoms with E-state index in [9.17, 15) is 13.2 Å². The number of aryl methyl sites for hydroxylation is 2. The molecule has 1 amide bonds. The summed E-state index contributed by atoms with van der Waals surface area (Å²) >= 11 is 0. The van der Waals surface area contributed by atoms with Gasteiger partial charge in [-0.25, -0.2) is 13.1 Å². The first-order valence-corrected chi connectivity index (χ1v) is 12.6. The zero-order chi connectivity index (χ0) is 24.1.